The van der Waals surface area contributed by atoms with Crippen LogP contribution in [0.2, 0.25) is 0 Å². The van der Waals surface area contributed by atoms with Crippen molar-refractivity contribution in [1.82, 2.24) is 4.57 Å². The lowest BCUT2D eigenvalue weighted by Crippen LogP contribution is -1.94. The van der Waals surface area contributed by atoms with Crippen molar-refractivity contribution in [2.45, 2.75) is 9.79 Å². The number of fused-ring (bicyclic) bond motifs is 7. The van der Waals surface area contributed by atoms with E-state index in [1.54, 1.807) is 0 Å². The molecular weight excluding hydrogens is 575 g/mol. The quantitative estimate of drug-likeness (QED) is 0.195. The average Bonchev–Trinajstić information content (AvgIpc) is 3.47. The number of nitrogens with zero attached hydrogens (tertiary/aromatic N) is 1. The van der Waals surface area contributed by atoms with Crippen molar-refractivity contribution >= 4 is 55.1 Å². The van der Waals surface area contributed by atoms with Gasteiger partial charge in [-0.05, 0) is 98.1 Å². The van der Waals surface area contributed by atoms with E-state index in [0.29, 0.717) is 0 Å². The molecule has 1 nitrogen and oxygen atoms in total. The Bertz CT molecular complexity index is 2660. The standard InChI is InChI=1S/C44H27NS/c1-2-12-32(13-3-1)45-39-18-7-6-16-36(39)44-37-26-30(21-20-28(37)22-24-40(44)45)33-14-4-5-15-34(33)31-23-25-41-38(27-31)35-17-8-10-29-11-9-19-42(46-41)43(29)35/h1-27H. The maximum atomic E-state index is 2.41. The van der Waals surface area contributed by atoms with E-state index in [4.69, 9.17) is 0 Å². The molecule has 10 rings (SSSR count). The van der Waals surface area contributed by atoms with Crippen LogP contribution in [0.4, 0.5) is 0 Å². The Kier molecular flexibility index (Phi) is 5.58. The summed E-state index contributed by atoms with van der Waals surface area (Å²) in [7, 11) is 0. The topological polar surface area (TPSA) is 4.93 Å². The van der Waals surface area contributed by atoms with Gasteiger partial charge in [0.15, 0.2) is 0 Å². The zero-order valence-electron chi connectivity index (χ0n) is 24.9. The highest BCUT2D eigenvalue weighted by Gasteiger charge is 2.21. The average molecular weight is 602 g/mol. The largest absolute Gasteiger partial charge is 0.309 e. The minimum Gasteiger partial charge on any atom is -0.309 e. The fourth-order valence-corrected chi connectivity index (χ4v) is 8.66. The summed E-state index contributed by atoms with van der Waals surface area (Å²) in [6, 6.07) is 60.2. The second kappa shape index (κ2) is 9.97. The molecule has 0 saturated heterocycles. The Morgan fingerprint density at radius 2 is 1.07 bits per heavy atom. The highest BCUT2D eigenvalue weighted by molar-refractivity contribution is 7.99. The highest BCUT2D eigenvalue weighted by atomic mass is 32.2. The second-order valence-electron chi connectivity index (χ2n) is 12.1. The third-order valence-electron chi connectivity index (χ3n) is 9.57. The van der Waals surface area contributed by atoms with Crippen LogP contribution in [0.3, 0.4) is 0 Å². The minimum absolute atomic E-state index is 1.18. The van der Waals surface area contributed by atoms with Crippen LogP contribution in [0.15, 0.2) is 174 Å². The molecule has 9 aromatic rings. The molecule has 0 amide bonds. The van der Waals surface area contributed by atoms with E-state index in [-0.39, 0.29) is 0 Å². The van der Waals surface area contributed by atoms with Gasteiger partial charge in [0.05, 0.1) is 11.0 Å². The molecule has 46 heavy (non-hydrogen) atoms. The van der Waals surface area contributed by atoms with Gasteiger partial charge in [-0.25, -0.2) is 0 Å². The zero-order chi connectivity index (χ0) is 30.2. The molecule has 0 N–H and O–H groups in total. The van der Waals surface area contributed by atoms with Gasteiger partial charge in [-0.15, -0.1) is 0 Å². The Morgan fingerprint density at radius 1 is 0.370 bits per heavy atom. The van der Waals surface area contributed by atoms with E-state index in [9.17, 15) is 0 Å². The fourth-order valence-electron chi connectivity index (χ4n) is 7.53. The lowest BCUT2D eigenvalue weighted by Gasteiger charge is -2.21. The molecule has 8 aromatic carbocycles. The van der Waals surface area contributed by atoms with Crippen LogP contribution in [0.25, 0.3) is 82.4 Å². The van der Waals surface area contributed by atoms with E-state index in [1.165, 1.54) is 92.2 Å². The van der Waals surface area contributed by atoms with Crippen molar-refractivity contribution in [1.29, 1.82) is 0 Å². The number of hydrogen-bond acceptors (Lipinski definition) is 1. The van der Waals surface area contributed by atoms with Gasteiger partial charge < -0.3 is 4.57 Å². The number of hydrogen-bond donors (Lipinski definition) is 0. The maximum absolute atomic E-state index is 2.41. The van der Waals surface area contributed by atoms with Crippen molar-refractivity contribution in [2.24, 2.45) is 0 Å². The molecule has 0 radical (unpaired) electrons. The van der Waals surface area contributed by atoms with E-state index in [0.717, 1.165) is 0 Å². The third-order valence-corrected chi connectivity index (χ3v) is 10.7. The molecule has 1 aliphatic rings. The van der Waals surface area contributed by atoms with E-state index in [2.05, 4.69) is 168 Å². The fraction of sp³-hybridized carbons (Fsp3) is 0. The zero-order valence-corrected chi connectivity index (χ0v) is 25.8. The molecule has 1 aliphatic heterocycles. The SMILES string of the molecule is c1ccc(-n2c3ccccc3c3c4cc(-c5ccccc5-c5ccc6c(c5)-c5cccc7cccc(c57)S6)ccc4ccc32)cc1. The van der Waals surface area contributed by atoms with E-state index >= 15 is 0 Å². The Labute approximate surface area is 271 Å². The predicted molar refractivity (Wildman–Crippen MR) is 196 cm³/mol. The maximum Gasteiger partial charge on any atom is 0.0547 e. The second-order valence-corrected chi connectivity index (χ2v) is 13.2. The summed E-state index contributed by atoms with van der Waals surface area (Å²) in [6.45, 7) is 0. The number of benzene rings is 8. The summed E-state index contributed by atoms with van der Waals surface area (Å²) in [5.41, 5.74) is 11.2. The first-order chi connectivity index (χ1) is 22.8. The normalized spacial score (nSPS) is 12.3. The summed E-state index contributed by atoms with van der Waals surface area (Å²) < 4.78 is 2.40. The summed E-state index contributed by atoms with van der Waals surface area (Å²) in [5, 5.41) is 7.77. The number of para-hydroxylation sites is 2. The summed E-state index contributed by atoms with van der Waals surface area (Å²) >= 11 is 1.88. The van der Waals surface area contributed by atoms with Crippen molar-refractivity contribution in [2.75, 3.05) is 0 Å². The van der Waals surface area contributed by atoms with Crippen molar-refractivity contribution in [3.05, 3.63) is 164 Å². The number of rotatable bonds is 3. The predicted octanol–water partition coefficient (Wildman–Crippen LogP) is 12.6. The van der Waals surface area contributed by atoms with Crippen LogP contribution >= 0.6 is 11.8 Å². The molecule has 214 valence electrons. The molecule has 0 spiro atoms. The lowest BCUT2D eigenvalue weighted by atomic mass is 9.90. The van der Waals surface area contributed by atoms with E-state index in [1.807, 2.05) is 11.8 Å². The molecule has 0 saturated carbocycles. The molecule has 1 aromatic heterocycles. The Hall–Kier alpha value is -5.57. The van der Waals surface area contributed by atoms with Gasteiger partial charge in [0.2, 0.25) is 0 Å². The lowest BCUT2D eigenvalue weighted by molar-refractivity contribution is 1.18. The van der Waals surface area contributed by atoms with Gasteiger partial charge >= 0.3 is 0 Å². The summed E-state index contributed by atoms with van der Waals surface area (Å²) in [4.78, 5) is 2.65. The van der Waals surface area contributed by atoms with Crippen molar-refractivity contribution < 1.29 is 0 Å². The van der Waals surface area contributed by atoms with Crippen LogP contribution in [0.1, 0.15) is 0 Å². The third kappa shape index (κ3) is 3.77. The van der Waals surface area contributed by atoms with Crippen LogP contribution in [0.5, 0.6) is 0 Å². The number of aromatic nitrogens is 1. The van der Waals surface area contributed by atoms with Gasteiger partial charge in [0.25, 0.3) is 0 Å². The van der Waals surface area contributed by atoms with Crippen LogP contribution < -0.4 is 0 Å². The molecule has 2 heteroatoms. The Balaban J connectivity index is 1.18. The smallest absolute Gasteiger partial charge is 0.0547 e. The minimum atomic E-state index is 1.18. The van der Waals surface area contributed by atoms with Crippen LogP contribution in [-0.2, 0) is 0 Å². The molecular formula is C44H27NS. The Morgan fingerprint density at radius 3 is 1.93 bits per heavy atom. The summed E-state index contributed by atoms with van der Waals surface area (Å²) in [6.07, 6.45) is 0. The van der Waals surface area contributed by atoms with Gasteiger partial charge in [-0.3, -0.25) is 0 Å². The van der Waals surface area contributed by atoms with Crippen LogP contribution in [0, 0.1) is 0 Å². The van der Waals surface area contributed by atoms with Crippen molar-refractivity contribution in [3.63, 3.8) is 0 Å². The van der Waals surface area contributed by atoms with E-state index < -0.39 is 0 Å². The first-order valence-electron chi connectivity index (χ1n) is 15.8. The first-order valence-corrected chi connectivity index (χ1v) is 16.6. The highest BCUT2D eigenvalue weighted by Crippen LogP contribution is 2.49. The molecule has 2 heterocycles. The van der Waals surface area contributed by atoms with Gasteiger partial charge in [-0.2, -0.15) is 0 Å². The monoisotopic (exact) mass is 601 g/mol. The molecule has 0 aliphatic carbocycles. The first kappa shape index (κ1) is 25.7. The van der Waals surface area contributed by atoms with Gasteiger partial charge in [0.1, 0.15) is 0 Å². The molecule has 0 atom stereocenters. The molecule has 0 unspecified atom stereocenters. The molecule has 0 bridgehead atoms. The van der Waals surface area contributed by atoms with Crippen molar-refractivity contribution in [3.8, 4) is 39.1 Å². The van der Waals surface area contributed by atoms with Gasteiger partial charge in [-0.1, -0.05) is 127 Å². The summed E-state index contributed by atoms with van der Waals surface area (Å²) in [5.74, 6) is 0. The molecule has 0 fully saturated rings. The van der Waals surface area contributed by atoms with Gasteiger partial charge in [0, 0.05) is 31.6 Å². The van der Waals surface area contributed by atoms with Crippen LogP contribution in [-0.4, -0.2) is 4.57 Å².